The lowest BCUT2D eigenvalue weighted by molar-refractivity contribution is -0.153. The van der Waals surface area contributed by atoms with Crippen molar-refractivity contribution in [2.75, 3.05) is 26.7 Å². The molecule has 0 aromatic heterocycles. The molecule has 19 heteroatoms. The Morgan fingerprint density at radius 3 is 1.82 bits per heavy atom. The average Bonchev–Trinajstić information content (AvgIpc) is 3.27. The molecular weight excluding hydrogens is 927 g/mol. The van der Waals surface area contributed by atoms with Crippen LogP contribution in [0.1, 0.15) is 131 Å². The van der Waals surface area contributed by atoms with Gasteiger partial charge < -0.3 is 55.3 Å². The normalized spacial score (nSPS) is 16.9. The van der Waals surface area contributed by atoms with E-state index in [1.54, 1.807) is 62.3 Å². The minimum absolute atomic E-state index is 0.00357. The summed E-state index contributed by atoms with van der Waals surface area (Å²) in [7, 11) is 1.21. The van der Waals surface area contributed by atoms with Gasteiger partial charge in [-0.25, -0.2) is 19.2 Å². The molecule has 0 bridgehead atoms. The van der Waals surface area contributed by atoms with Gasteiger partial charge in [-0.1, -0.05) is 68.4 Å². The molecule has 2 aromatic carbocycles. The first kappa shape index (κ1) is 58.2. The molecule has 4 rings (SSSR count). The van der Waals surface area contributed by atoms with Crippen molar-refractivity contribution in [3.05, 3.63) is 71.3 Å². The maximum Gasteiger partial charge on any atom is 0.408 e. The van der Waals surface area contributed by atoms with E-state index in [4.69, 9.17) is 18.9 Å². The quantitative estimate of drug-likeness (QED) is 0.0672. The maximum absolute atomic E-state index is 14.8. The van der Waals surface area contributed by atoms with Gasteiger partial charge in [-0.05, 0) is 123 Å². The van der Waals surface area contributed by atoms with Crippen molar-refractivity contribution in [1.29, 1.82) is 0 Å². The van der Waals surface area contributed by atoms with Crippen LogP contribution in [0, 0.1) is 5.92 Å². The smallest absolute Gasteiger partial charge is 0.408 e. The number of nitrogens with zero attached hydrogens (tertiary/aromatic N) is 2. The Balaban J connectivity index is 1.61. The summed E-state index contributed by atoms with van der Waals surface area (Å²) in [6, 6.07) is 12.2. The number of methoxy groups -OCH3 is 1. The van der Waals surface area contributed by atoms with Crippen LogP contribution >= 0.6 is 0 Å². The van der Waals surface area contributed by atoms with Crippen LogP contribution in [-0.2, 0) is 62.3 Å². The van der Waals surface area contributed by atoms with E-state index >= 15 is 0 Å². The Morgan fingerprint density at radius 1 is 0.667 bits per heavy atom. The number of rotatable bonds is 18. The fraction of sp³-hybridized carbons (Fsp3) is 0.623. The standard InChI is InChI=1S/C53H79N7O12/c1-34(2)30-39(56-43(62)41-32-36-22-16-17-23-37(36)33-60(41)45(64)40(31-35-20-14-13-15-21-35)57-48(67)71-51(6,7)8)42(61)55-38(24-18-19-27-54-47(66)70-50(3,4)5)44(63)59-28-25-53(26-29-59,46(65)69-12)58-49(68)72-52(9,10)11/h13-17,20-23,34,38-41H,18-19,24-33H2,1-12H3,(H,54,66)(H,55,61)(H,56,62)(H,57,67)(H,58,68)/t38-,39+,40-,41+/m1/s1. The molecule has 0 radical (unpaired) electrons. The molecule has 2 aromatic rings. The van der Waals surface area contributed by atoms with Crippen LogP contribution in [0.4, 0.5) is 14.4 Å². The molecule has 0 aliphatic carbocycles. The van der Waals surface area contributed by atoms with Crippen molar-refractivity contribution in [3.8, 4) is 0 Å². The van der Waals surface area contributed by atoms with Gasteiger partial charge in [0.05, 0.1) is 7.11 Å². The van der Waals surface area contributed by atoms with Crippen LogP contribution < -0.4 is 26.6 Å². The summed E-state index contributed by atoms with van der Waals surface area (Å²) in [5.41, 5.74) is -1.43. The van der Waals surface area contributed by atoms with Gasteiger partial charge in [0.25, 0.3) is 0 Å². The topological polar surface area (TPSA) is 240 Å². The first-order chi connectivity index (χ1) is 33.6. The van der Waals surface area contributed by atoms with Crippen LogP contribution in [0.15, 0.2) is 54.6 Å². The van der Waals surface area contributed by atoms with Crippen LogP contribution in [0.25, 0.3) is 0 Å². The van der Waals surface area contributed by atoms with Crippen molar-refractivity contribution >= 4 is 47.9 Å². The summed E-state index contributed by atoms with van der Waals surface area (Å²) < 4.78 is 21.4. The number of ether oxygens (including phenoxy) is 4. The maximum atomic E-state index is 14.8. The summed E-state index contributed by atoms with van der Waals surface area (Å²) in [6.45, 7) is 19.6. The van der Waals surface area contributed by atoms with Gasteiger partial charge in [-0.2, -0.15) is 0 Å². The van der Waals surface area contributed by atoms with Crippen LogP contribution in [0.5, 0.6) is 0 Å². The number of alkyl carbamates (subject to hydrolysis) is 3. The summed E-state index contributed by atoms with van der Waals surface area (Å²) in [5.74, 6) is -3.00. The molecule has 1 saturated heterocycles. The molecule has 19 nitrogen and oxygen atoms in total. The van der Waals surface area contributed by atoms with Crippen LogP contribution in [-0.4, -0.2) is 131 Å². The summed E-state index contributed by atoms with van der Waals surface area (Å²) in [6.07, 6.45) is -0.846. The van der Waals surface area contributed by atoms with E-state index in [0.717, 1.165) is 16.7 Å². The number of benzene rings is 2. The Morgan fingerprint density at radius 2 is 1.24 bits per heavy atom. The highest BCUT2D eigenvalue weighted by Crippen LogP contribution is 2.28. The van der Waals surface area contributed by atoms with Gasteiger partial charge in [0.2, 0.25) is 23.6 Å². The predicted molar refractivity (Wildman–Crippen MR) is 269 cm³/mol. The highest BCUT2D eigenvalue weighted by Gasteiger charge is 2.47. The molecule has 7 amide bonds. The van der Waals surface area contributed by atoms with E-state index in [2.05, 4.69) is 26.6 Å². The number of hydrogen-bond donors (Lipinski definition) is 5. The predicted octanol–water partition coefficient (Wildman–Crippen LogP) is 5.85. The second-order valence-electron chi connectivity index (χ2n) is 22.0. The number of piperidine rings is 1. The third-order valence-electron chi connectivity index (χ3n) is 11.9. The van der Waals surface area contributed by atoms with Crippen molar-refractivity contribution in [1.82, 2.24) is 36.4 Å². The Labute approximate surface area is 424 Å². The van der Waals surface area contributed by atoms with Crippen molar-refractivity contribution < 1.29 is 57.3 Å². The number of hydrogen-bond acceptors (Lipinski definition) is 12. The van der Waals surface area contributed by atoms with Gasteiger partial charge in [-0.15, -0.1) is 0 Å². The molecule has 1 fully saturated rings. The molecule has 5 N–H and O–H groups in total. The molecule has 2 heterocycles. The first-order valence-electron chi connectivity index (χ1n) is 25.0. The Bertz CT molecular complexity index is 2210. The second-order valence-corrected chi connectivity index (χ2v) is 22.0. The van der Waals surface area contributed by atoms with E-state index in [-0.39, 0.29) is 70.6 Å². The van der Waals surface area contributed by atoms with E-state index < -0.39 is 94.4 Å². The lowest BCUT2D eigenvalue weighted by Crippen LogP contribution is -2.63. The van der Waals surface area contributed by atoms with Gasteiger partial charge in [0.1, 0.15) is 46.5 Å². The molecule has 2 aliphatic heterocycles. The van der Waals surface area contributed by atoms with Crippen LogP contribution in [0.3, 0.4) is 0 Å². The number of nitrogens with one attached hydrogen (secondary N) is 5. The molecule has 0 unspecified atom stereocenters. The first-order valence-corrected chi connectivity index (χ1v) is 25.0. The number of fused-ring (bicyclic) bond motifs is 1. The van der Waals surface area contributed by atoms with Gasteiger partial charge in [0.15, 0.2) is 0 Å². The highest BCUT2D eigenvalue weighted by atomic mass is 16.6. The number of carbonyl (C=O) groups excluding carboxylic acids is 8. The summed E-state index contributed by atoms with van der Waals surface area (Å²) in [5, 5.41) is 14.0. The zero-order valence-corrected chi connectivity index (χ0v) is 44.4. The van der Waals surface area contributed by atoms with E-state index in [0.29, 0.717) is 12.8 Å². The minimum Gasteiger partial charge on any atom is -0.467 e. The lowest BCUT2D eigenvalue weighted by atomic mass is 9.87. The molecule has 4 atom stereocenters. The third kappa shape index (κ3) is 18.3. The van der Waals surface area contributed by atoms with E-state index in [9.17, 15) is 38.4 Å². The fourth-order valence-electron chi connectivity index (χ4n) is 8.57. The molecule has 2 aliphatic rings. The SMILES string of the molecule is COC(=O)C1(NC(=O)OC(C)(C)C)CCN(C(=O)[C@@H](CCCCNC(=O)OC(C)(C)C)NC(=O)[C@H](CC(C)C)NC(=O)[C@@H]2Cc3ccccc3CN2C(=O)[C@@H](Cc2ccccc2)NC(=O)OC(C)(C)C)CC1. The number of likely N-dealkylation sites (tertiary alicyclic amines) is 1. The van der Waals surface area contributed by atoms with Crippen molar-refractivity contribution in [2.24, 2.45) is 5.92 Å². The average molecular weight is 1010 g/mol. The number of carbonyl (C=O) groups is 8. The highest BCUT2D eigenvalue weighted by molar-refractivity contribution is 5.96. The van der Waals surface area contributed by atoms with Crippen molar-refractivity contribution in [2.45, 2.75) is 181 Å². The van der Waals surface area contributed by atoms with Crippen LogP contribution in [0.2, 0.25) is 0 Å². The third-order valence-corrected chi connectivity index (χ3v) is 11.9. The fourth-order valence-corrected chi connectivity index (χ4v) is 8.57. The largest absolute Gasteiger partial charge is 0.467 e. The molecule has 72 heavy (non-hydrogen) atoms. The zero-order chi connectivity index (χ0) is 53.6. The molecule has 0 saturated carbocycles. The minimum atomic E-state index is -1.48. The van der Waals surface area contributed by atoms with E-state index in [1.807, 2.05) is 68.4 Å². The van der Waals surface area contributed by atoms with Gasteiger partial charge in [-0.3, -0.25) is 19.2 Å². The molecular formula is C53H79N7O12. The summed E-state index contributed by atoms with van der Waals surface area (Å²) in [4.78, 5) is 113. The monoisotopic (exact) mass is 1010 g/mol. The molecule has 0 spiro atoms. The van der Waals surface area contributed by atoms with Crippen molar-refractivity contribution in [3.63, 3.8) is 0 Å². The lowest BCUT2D eigenvalue weighted by Gasteiger charge is -2.41. The zero-order valence-electron chi connectivity index (χ0n) is 44.4. The Kier molecular flexibility index (Phi) is 20.5. The number of esters is 1. The van der Waals surface area contributed by atoms with Gasteiger partial charge >= 0.3 is 24.2 Å². The van der Waals surface area contributed by atoms with Gasteiger partial charge in [0, 0.05) is 39.0 Å². The number of amides is 7. The number of unbranched alkanes of at least 4 members (excludes halogenated alkanes) is 1. The Hall–Kier alpha value is -6.40. The van der Waals surface area contributed by atoms with E-state index in [1.165, 1.54) is 16.9 Å². The molecule has 398 valence electrons. The second kappa shape index (κ2) is 25.3. The summed E-state index contributed by atoms with van der Waals surface area (Å²) >= 11 is 0.